The first-order chi connectivity index (χ1) is 9.72. The molecule has 0 aliphatic heterocycles. The van der Waals surface area contributed by atoms with Crippen LogP contribution in [0.4, 0.5) is 0 Å². The zero-order chi connectivity index (χ0) is 14.4. The van der Waals surface area contributed by atoms with Crippen molar-refractivity contribution >= 4 is 5.91 Å². The zero-order valence-electron chi connectivity index (χ0n) is 11.4. The summed E-state index contributed by atoms with van der Waals surface area (Å²) < 4.78 is 1.79. The van der Waals surface area contributed by atoms with E-state index < -0.39 is 0 Å². The molecule has 102 valence electrons. The Hall–Kier alpha value is -2.51. The molecule has 0 aliphatic rings. The van der Waals surface area contributed by atoms with Gasteiger partial charge in [0.1, 0.15) is 5.69 Å². The first kappa shape index (κ1) is 13.9. The molecule has 0 fully saturated rings. The van der Waals surface area contributed by atoms with Crippen LogP contribution >= 0.6 is 0 Å². The van der Waals surface area contributed by atoms with Gasteiger partial charge in [-0.2, -0.15) is 0 Å². The first-order valence-electron chi connectivity index (χ1n) is 6.38. The van der Waals surface area contributed by atoms with E-state index in [0.29, 0.717) is 18.8 Å². The smallest absolute Gasteiger partial charge is 0.268 e. The molecule has 20 heavy (non-hydrogen) atoms. The van der Waals surface area contributed by atoms with Gasteiger partial charge in [-0.05, 0) is 23.8 Å². The van der Waals surface area contributed by atoms with Crippen LogP contribution in [-0.4, -0.2) is 17.0 Å². The number of benzene rings is 1. The van der Waals surface area contributed by atoms with Crippen molar-refractivity contribution in [2.24, 2.45) is 12.8 Å². The van der Waals surface area contributed by atoms with E-state index in [1.165, 1.54) is 0 Å². The lowest BCUT2D eigenvalue weighted by atomic mass is 10.1. The highest BCUT2D eigenvalue weighted by Crippen LogP contribution is 2.07. The maximum absolute atomic E-state index is 12.0. The lowest BCUT2D eigenvalue weighted by Gasteiger charge is -2.08. The molecule has 1 aromatic carbocycles. The van der Waals surface area contributed by atoms with Crippen molar-refractivity contribution in [1.29, 1.82) is 0 Å². The first-order valence-corrected chi connectivity index (χ1v) is 6.38. The van der Waals surface area contributed by atoms with Crippen LogP contribution in [0.3, 0.4) is 0 Å². The molecule has 0 saturated carbocycles. The highest BCUT2D eigenvalue weighted by atomic mass is 16.1. The third kappa shape index (κ3) is 3.28. The van der Waals surface area contributed by atoms with E-state index in [0.717, 1.165) is 11.1 Å². The zero-order valence-corrected chi connectivity index (χ0v) is 11.4. The van der Waals surface area contributed by atoms with Crippen LogP contribution in [0.15, 0.2) is 42.6 Å². The molecule has 1 aromatic heterocycles. The Bertz CT molecular complexity index is 662. The number of carbonyl (C=O) groups excluding carboxylic acids is 1. The molecule has 0 atom stereocenters. The van der Waals surface area contributed by atoms with Crippen LogP contribution < -0.4 is 11.1 Å². The number of carbonyl (C=O) groups is 1. The van der Waals surface area contributed by atoms with Crippen molar-refractivity contribution in [2.45, 2.75) is 6.54 Å². The highest BCUT2D eigenvalue weighted by molar-refractivity contribution is 5.92. The van der Waals surface area contributed by atoms with Crippen molar-refractivity contribution in [3.63, 3.8) is 0 Å². The molecule has 4 heteroatoms. The number of hydrogen-bond donors (Lipinski definition) is 2. The van der Waals surface area contributed by atoms with E-state index in [9.17, 15) is 4.79 Å². The maximum atomic E-state index is 12.0. The minimum atomic E-state index is -0.0981. The average Bonchev–Trinajstić information content (AvgIpc) is 2.89. The highest BCUT2D eigenvalue weighted by Gasteiger charge is 2.08. The van der Waals surface area contributed by atoms with E-state index in [4.69, 9.17) is 5.73 Å². The fraction of sp³-hybridized carbons (Fsp3) is 0.188. The van der Waals surface area contributed by atoms with Crippen LogP contribution in [-0.2, 0) is 13.6 Å². The SMILES string of the molecule is Cn1cccc1C(=O)NCc1ccccc1C#CCN. The summed E-state index contributed by atoms with van der Waals surface area (Å²) >= 11 is 0. The average molecular weight is 267 g/mol. The number of aromatic nitrogens is 1. The van der Waals surface area contributed by atoms with Crippen LogP contribution in [0.5, 0.6) is 0 Å². The van der Waals surface area contributed by atoms with Gasteiger partial charge >= 0.3 is 0 Å². The molecule has 1 amide bonds. The van der Waals surface area contributed by atoms with Crippen molar-refractivity contribution in [3.8, 4) is 11.8 Å². The van der Waals surface area contributed by atoms with Crippen LogP contribution in [0, 0.1) is 11.8 Å². The van der Waals surface area contributed by atoms with Gasteiger partial charge in [-0.1, -0.05) is 30.0 Å². The third-order valence-electron chi connectivity index (χ3n) is 2.96. The number of nitrogens with one attached hydrogen (secondary N) is 1. The number of nitrogens with zero attached hydrogens (tertiary/aromatic N) is 1. The van der Waals surface area contributed by atoms with Crippen molar-refractivity contribution < 1.29 is 4.79 Å². The van der Waals surface area contributed by atoms with Crippen LogP contribution in [0.1, 0.15) is 21.6 Å². The van der Waals surface area contributed by atoms with E-state index in [-0.39, 0.29) is 5.91 Å². The molecule has 0 bridgehead atoms. The number of amides is 1. The van der Waals surface area contributed by atoms with Crippen LogP contribution in [0.25, 0.3) is 0 Å². The minimum Gasteiger partial charge on any atom is -0.347 e. The van der Waals surface area contributed by atoms with Crippen molar-refractivity contribution in [1.82, 2.24) is 9.88 Å². The third-order valence-corrected chi connectivity index (χ3v) is 2.96. The normalized spacial score (nSPS) is 9.70. The predicted octanol–water partition coefficient (Wildman–Crippen LogP) is 1.27. The van der Waals surface area contributed by atoms with Gasteiger partial charge in [0, 0.05) is 25.4 Å². The van der Waals surface area contributed by atoms with Gasteiger partial charge in [-0.15, -0.1) is 0 Å². The van der Waals surface area contributed by atoms with E-state index in [2.05, 4.69) is 17.2 Å². The molecule has 2 rings (SSSR count). The largest absolute Gasteiger partial charge is 0.347 e. The van der Waals surface area contributed by atoms with Crippen LogP contribution in [0.2, 0.25) is 0 Å². The van der Waals surface area contributed by atoms with Crippen molar-refractivity contribution in [3.05, 3.63) is 59.4 Å². The molecule has 0 saturated heterocycles. The fourth-order valence-corrected chi connectivity index (χ4v) is 1.91. The quantitative estimate of drug-likeness (QED) is 0.823. The summed E-state index contributed by atoms with van der Waals surface area (Å²) in [6.07, 6.45) is 1.84. The molecule has 2 aromatic rings. The second-order valence-corrected chi connectivity index (χ2v) is 4.35. The van der Waals surface area contributed by atoms with Gasteiger partial charge in [0.05, 0.1) is 6.54 Å². The summed E-state index contributed by atoms with van der Waals surface area (Å²) in [5.41, 5.74) is 7.89. The molecular formula is C16H17N3O. The van der Waals surface area contributed by atoms with E-state index in [1.807, 2.05) is 43.6 Å². The van der Waals surface area contributed by atoms with Crippen molar-refractivity contribution in [2.75, 3.05) is 6.54 Å². The lowest BCUT2D eigenvalue weighted by molar-refractivity contribution is 0.0943. The summed E-state index contributed by atoms with van der Waals surface area (Å²) in [7, 11) is 1.84. The number of aryl methyl sites for hydroxylation is 1. The van der Waals surface area contributed by atoms with Gasteiger partial charge in [0.2, 0.25) is 0 Å². The van der Waals surface area contributed by atoms with Gasteiger partial charge in [-0.25, -0.2) is 0 Å². The Labute approximate surface area is 118 Å². The van der Waals surface area contributed by atoms with Gasteiger partial charge in [0.25, 0.3) is 5.91 Å². The number of nitrogens with two attached hydrogens (primary N) is 1. The Morgan fingerprint density at radius 3 is 2.80 bits per heavy atom. The molecule has 0 unspecified atom stereocenters. The van der Waals surface area contributed by atoms with Gasteiger partial charge in [-0.3, -0.25) is 4.79 Å². The molecule has 0 radical (unpaired) electrons. The molecule has 4 nitrogen and oxygen atoms in total. The predicted molar refractivity (Wildman–Crippen MR) is 79.0 cm³/mol. The maximum Gasteiger partial charge on any atom is 0.268 e. The minimum absolute atomic E-state index is 0.0981. The molecule has 3 N–H and O–H groups in total. The summed E-state index contributed by atoms with van der Waals surface area (Å²) in [4.78, 5) is 12.0. The monoisotopic (exact) mass is 267 g/mol. The summed E-state index contributed by atoms with van der Waals surface area (Å²) in [6.45, 7) is 0.767. The molecular weight excluding hydrogens is 250 g/mol. The summed E-state index contributed by atoms with van der Waals surface area (Å²) in [6, 6.07) is 11.4. The second-order valence-electron chi connectivity index (χ2n) is 4.35. The molecule has 0 aliphatic carbocycles. The number of rotatable bonds is 3. The van der Waals surface area contributed by atoms with Gasteiger partial charge in [0.15, 0.2) is 0 Å². The second kappa shape index (κ2) is 6.60. The summed E-state index contributed by atoms with van der Waals surface area (Å²) in [5, 5.41) is 2.90. The standard InChI is InChI=1S/C16H17N3O/c1-19-11-5-9-15(19)16(20)18-12-14-7-3-2-6-13(14)8-4-10-17/h2-3,5-7,9,11H,10,12,17H2,1H3,(H,18,20). The summed E-state index contributed by atoms with van der Waals surface area (Å²) in [5.74, 6) is 5.74. The lowest BCUT2D eigenvalue weighted by Crippen LogP contribution is -2.25. The molecule has 1 heterocycles. The van der Waals surface area contributed by atoms with Gasteiger partial charge < -0.3 is 15.6 Å². The number of hydrogen-bond acceptors (Lipinski definition) is 2. The van der Waals surface area contributed by atoms with E-state index >= 15 is 0 Å². The topological polar surface area (TPSA) is 60.0 Å². The van der Waals surface area contributed by atoms with E-state index in [1.54, 1.807) is 10.6 Å². The fourth-order valence-electron chi connectivity index (χ4n) is 1.91. The molecule has 0 spiro atoms. The Morgan fingerprint density at radius 2 is 2.10 bits per heavy atom. The Morgan fingerprint density at radius 1 is 1.30 bits per heavy atom. The Kier molecular flexibility index (Phi) is 4.59. The Balaban J connectivity index is 2.08.